The third-order valence-corrected chi connectivity index (χ3v) is 5.44. The van der Waals surface area contributed by atoms with Crippen molar-refractivity contribution < 1.29 is 5.11 Å². The number of fused-ring (bicyclic) bond motifs is 1. The van der Waals surface area contributed by atoms with Crippen LogP contribution in [0.4, 0.5) is 0 Å². The average Bonchev–Trinajstić information content (AvgIpc) is 2.41. The van der Waals surface area contributed by atoms with E-state index in [0.717, 1.165) is 44.9 Å². The Bertz CT molecular complexity index is 430. The van der Waals surface area contributed by atoms with E-state index in [-0.39, 0.29) is 0 Å². The van der Waals surface area contributed by atoms with Gasteiger partial charge in [-0.25, -0.2) is 0 Å². The molecule has 2 aliphatic carbocycles. The van der Waals surface area contributed by atoms with Crippen LogP contribution in [0.2, 0.25) is 0 Å². The van der Waals surface area contributed by atoms with E-state index in [9.17, 15) is 5.11 Å². The van der Waals surface area contributed by atoms with E-state index in [1.807, 2.05) is 6.07 Å². The van der Waals surface area contributed by atoms with Crippen LogP contribution in [0.3, 0.4) is 0 Å². The number of hydrogen-bond donors (Lipinski definition) is 2. The maximum absolute atomic E-state index is 11.2. The van der Waals surface area contributed by atoms with Crippen LogP contribution in [0, 0.1) is 5.92 Å². The molecule has 104 valence electrons. The maximum atomic E-state index is 11.2. The van der Waals surface area contributed by atoms with E-state index in [1.54, 1.807) is 0 Å². The summed E-state index contributed by atoms with van der Waals surface area (Å²) in [5.74, 6) is 0.420. The molecule has 1 aromatic rings. The highest BCUT2D eigenvalue weighted by Crippen LogP contribution is 2.49. The van der Waals surface area contributed by atoms with Crippen LogP contribution in [-0.2, 0) is 6.42 Å². The summed E-state index contributed by atoms with van der Waals surface area (Å²) < 4.78 is 0. The maximum Gasteiger partial charge on any atom is 0.0857 e. The van der Waals surface area contributed by atoms with Crippen LogP contribution in [0.25, 0.3) is 0 Å². The molecule has 3 rings (SSSR count). The van der Waals surface area contributed by atoms with Crippen LogP contribution in [-0.4, -0.2) is 16.2 Å². The van der Waals surface area contributed by atoms with Crippen molar-refractivity contribution in [3.63, 3.8) is 0 Å². The first-order valence-electron chi connectivity index (χ1n) is 7.69. The fourth-order valence-corrected chi connectivity index (χ4v) is 4.35. The first-order chi connectivity index (χ1) is 9.14. The number of benzene rings is 1. The predicted molar refractivity (Wildman–Crippen MR) is 77.8 cm³/mol. The quantitative estimate of drug-likeness (QED) is 0.857. The molecule has 2 nitrogen and oxygen atoms in total. The summed E-state index contributed by atoms with van der Waals surface area (Å²) in [6, 6.07) is 10.4. The van der Waals surface area contributed by atoms with Crippen molar-refractivity contribution >= 4 is 0 Å². The molecule has 0 bridgehead atoms. The van der Waals surface area contributed by atoms with E-state index < -0.39 is 11.1 Å². The molecule has 2 saturated carbocycles. The molecule has 3 N–H and O–H groups in total. The smallest absolute Gasteiger partial charge is 0.0857 e. The van der Waals surface area contributed by atoms with Crippen molar-refractivity contribution in [2.75, 3.05) is 0 Å². The van der Waals surface area contributed by atoms with Crippen LogP contribution in [0.5, 0.6) is 0 Å². The lowest BCUT2D eigenvalue weighted by molar-refractivity contribution is -0.131. The Kier molecular flexibility index (Phi) is 3.40. The third kappa shape index (κ3) is 2.21. The second-order valence-corrected chi connectivity index (χ2v) is 6.58. The van der Waals surface area contributed by atoms with Gasteiger partial charge in [-0.1, -0.05) is 49.6 Å². The topological polar surface area (TPSA) is 46.2 Å². The van der Waals surface area contributed by atoms with Gasteiger partial charge in [0, 0.05) is 5.54 Å². The molecule has 3 unspecified atom stereocenters. The van der Waals surface area contributed by atoms with Crippen LogP contribution in [0.15, 0.2) is 30.3 Å². The predicted octanol–water partition coefficient (Wildman–Crippen LogP) is 3.03. The van der Waals surface area contributed by atoms with Gasteiger partial charge in [-0.3, -0.25) is 0 Å². The summed E-state index contributed by atoms with van der Waals surface area (Å²) >= 11 is 0. The lowest BCUT2D eigenvalue weighted by Gasteiger charge is -2.55. The van der Waals surface area contributed by atoms with E-state index in [0.29, 0.717) is 5.92 Å². The van der Waals surface area contributed by atoms with Gasteiger partial charge in [0.05, 0.1) is 5.60 Å². The minimum atomic E-state index is -0.640. The first kappa shape index (κ1) is 13.1. The summed E-state index contributed by atoms with van der Waals surface area (Å²) in [5, 5.41) is 11.2. The summed E-state index contributed by atoms with van der Waals surface area (Å²) in [6.07, 6.45) is 8.51. The van der Waals surface area contributed by atoms with Crippen molar-refractivity contribution in [3.8, 4) is 0 Å². The van der Waals surface area contributed by atoms with Crippen molar-refractivity contribution in [1.29, 1.82) is 0 Å². The normalized spacial score (nSPS) is 38.7. The average molecular weight is 259 g/mol. The van der Waals surface area contributed by atoms with Crippen LogP contribution in [0.1, 0.15) is 50.5 Å². The molecule has 2 heteroatoms. The number of aliphatic hydroxyl groups is 1. The van der Waals surface area contributed by atoms with Gasteiger partial charge in [-0.2, -0.15) is 0 Å². The monoisotopic (exact) mass is 259 g/mol. The standard InChI is InChI=1S/C17H25NO/c18-16(13-14-7-2-1-3-8-14)11-6-10-15-9-4-5-12-17(15,16)19/h1-3,7-8,15,19H,4-6,9-13,18H2. The Morgan fingerprint density at radius 2 is 1.79 bits per heavy atom. The highest BCUT2D eigenvalue weighted by atomic mass is 16.3. The van der Waals surface area contributed by atoms with Gasteiger partial charge in [0.2, 0.25) is 0 Å². The van der Waals surface area contributed by atoms with Gasteiger partial charge in [-0.05, 0) is 43.6 Å². The second kappa shape index (κ2) is 4.92. The fraction of sp³-hybridized carbons (Fsp3) is 0.647. The van der Waals surface area contributed by atoms with Crippen LogP contribution >= 0.6 is 0 Å². The van der Waals surface area contributed by atoms with E-state index in [4.69, 9.17) is 5.73 Å². The summed E-state index contributed by atoms with van der Waals surface area (Å²) in [4.78, 5) is 0. The van der Waals surface area contributed by atoms with E-state index in [1.165, 1.54) is 12.0 Å². The first-order valence-corrected chi connectivity index (χ1v) is 7.69. The Morgan fingerprint density at radius 1 is 1.05 bits per heavy atom. The van der Waals surface area contributed by atoms with Crippen molar-refractivity contribution in [1.82, 2.24) is 0 Å². The summed E-state index contributed by atoms with van der Waals surface area (Å²) in [7, 11) is 0. The minimum Gasteiger partial charge on any atom is -0.388 e. The van der Waals surface area contributed by atoms with Gasteiger partial charge in [0.1, 0.15) is 0 Å². The van der Waals surface area contributed by atoms with Gasteiger partial charge in [0.25, 0.3) is 0 Å². The molecule has 3 atom stereocenters. The zero-order valence-corrected chi connectivity index (χ0v) is 11.6. The summed E-state index contributed by atoms with van der Waals surface area (Å²) in [6.45, 7) is 0. The molecule has 0 aliphatic heterocycles. The van der Waals surface area contributed by atoms with Crippen molar-refractivity contribution in [3.05, 3.63) is 35.9 Å². The third-order valence-electron chi connectivity index (χ3n) is 5.44. The minimum absolute atomic E-state index is 0.420. The van der Waals surface area contributed by atoms with E-state index >= 15 is 0 Å². The zero-order chi connectivity index (χ0) is 13.3. The molecule has 0 spiro atoms. The Labute approximate surface area is 116 Å². The fourth-order valence-electron chi connectivity index (χ4n) is 4.35. The van der Waals surface area contributed by atoms with Crippen molar-refractivity contribution in [2.24, 2.45) is 11.7 Å². The molecule has 1 aromatic carbocycles. The molecule has 0 radical (unpaired) electrons. The SMILES string of the molecule is NC1(Cc2ccccc2)CCCC2CCCCC21O. The zero-order valence-electron chi connectivity index (χ0n) is 11.6. The molecular formula is C17H25NO. The Hall–Kier alpha value is -0.860. The van der Waals surface area contributed by atoms with E-state index in [2.05, 4.69) is 24.3 Å². The van der Waals surface area contributed by atoms with Crippen molar-refractivity contribution in [2.45, 2.75) is 62.5 Å². The Morgan fingerprint density at radius 3 is 2.58 bits per heavy atom. The lowest BCUT2D eigenvalue weighted by atomic mass is 9.57. The molecule has 19 heavy (non-hydrogen) atoms. The Balaban J connectivity index is 1.88. The van der Waals surface area contributed by atoms with Gasteiger partial charge < -0.3 is 10.8 Å². The molecule has 0 aromatic heterocycles. The van der Waals surface area contributed by atoms with Gasteiger partial charge >= 0.3 is 0 Å². The number of nitrogens with two attached hydrogens (primary N) is 1. The van der Waals surface area contributed by atoms with Gasteiger partial charge in [0.15, 0.2) is 0 Å². The largest absolute Gasteiger partial charge is 0.388 e. The number of rotatable bonds is 2. The number of hydrogen-bond acceptors (Lipinski definition) is 2. The second-order valence-electron chi connectivity index (χ2n) is 6.58. The van der Waals surface area contributed by atoms with Crippen LogP contribution < -0.4 is 5.73 Å². The molecule has 2 aliphatic rings. The molecule has 0 saturated heterocycles. The molecule has 0 heterocycles. The summed E-state index contributed by atoms with van der Waals surface area (Å²) in [5.41, 5.74) is 6.91. The lowest BCUT2D eigenvalue weighted by Crippen LogP contribution is -2.68. The van der Waals surface area contributed by atoms with Gasteiger partial charge in [-0.15, -0.1) is 0 Å². The molecule has 2 fully saturated rings. The molecule has 0 amide bonds. The highest BCUT2D eigenvalue weighted by Gasteiger charge is 2.54. The highest BCUT2D eigenvalue weighted by molar-refractivity contribution is 5.22. The molecular weight excluding hydrogens is 234 g/mol.